The van der Waals surface area contributed by atoms with Crippen molar-refractivity contribution in [3.8, 4) is 0 Å². The molecule has 0 radical (unpaired) electrons. The molecule has 1 aliphatic heterocycles. The number of rotatable bonds is 1. The molecule has 0 saturated heterocycles. The fraction of sp³-hybridized carbons (Fsp3) is 0. The summed E-state index contributed by atoms with van der Waals surface area (Å²) >= 11 is 0. The minimum Gasteiger partial charge on any atom is -0.226 e. The van der Waals surface area contributed by atoms with Crippen molar-refractivity contribution in [2.45, 2.75) is 0 Å². The van der Waals surface area contributed by atoms with Crippen LogP contribution < -0.4 is 0 Å². The Morgan fingerprint density at radius 2 is 1.69 bits per heavy atom. The molecule has 0 aromatic heterocycles. The zero-order valence-corrected chi connectivity index (χ0v) is 7.74. The van der Waals surface area contributed by atoms with E-state index in [-0.39, 0.29) is 0 Å². The van der Waals surface area contributed by atoms with Gasteiger partial charge in [0, 0.05) is 17.8 Å². The lowest BCUT2D eigenvalue weighted by atomic mass is 10.2. The molecule has 0 fully saturated rings. The van der Waals surface area contributed by atoms with Gasteiger partial charge in [-0.3, -0.25) is 0 Å². The number of aliphatic imine (C=N–C) groups is 2. The van der Waals surface area contributed by atoms with Crippen LogP contribution in [0.2, 0.25) is 0 Å². The maximum Gasteiger partial charge on any atom is 0.209 e. The normalized spacial score (nSPS) is 13.4. The summed E-state index contributed by atoms with van der Waals surface area (Å²) in [6.45, 7) is 0. The zero-order chi connectivity index (χ0) is 8.93. The number of hydrogen-bond donors (Lipinski definition) is 0. The number of benzene rings is 1. The highest BCUT2D eigenvalue weighted by Gasteiger charge is 1.89. The van der Waals surface area contributed by atoms with Crippen molar-refractivity contribution in [2.75, 3.05) is 0 Å². The largest absolute Gasteiger partial charge is 0.226 e. The van der Waals surface area contributed by atoms with Crippen LogP contribution in [0.5, 0.6) is 0 Å². The first-order chi connectivity index (χ1) is 6.45. The summed E-state index contributed by atoms with van der Waals surface area (Å²) in [6, 6.07) is 10.1. The SMILES string of the molecule is C1=NC(=S=Cc2ccccc2)N=C1. The Morgan fingerprint density at radius 3 is 2.38 bits per heavy atom. The lowest BCUT2D eigenvalue weighted by Crippen LogP contribution is -1.78. The van der Waals surface area contributed by atoms with Gasteiger partial charge in [0.1, 0.15) is 0 Å². The van der Waals surface area contributed by atoms with Crippen LogP contribution in [0, 0.1) is 0 Å². The molecule has 0 spiro atoms. The third kappa shape index (κ3) is 2.23. The van der Waals surface area contributed by atoms with E-state index in [1.165, 1.54) is 16.5 Å². The van der Waals surface area contributed by atoms with Crippen LogP contribution in [0.25, 0.3) is 0 Å². The zero-order valence-electron chi connectivity index (χ0n) is 6.92. The van der Waals surface area contributed by atoms with Crippen molar-refractivity contribution in [3.63, 3.8) is 0 Å². The molecular formula is C10H8N2S. The molecule has 2 rings (SSSR count). The topological polar surface area (TPSA) is 24.7 Å². The Balaban J connectivity index is 2.27. The van der Waals surface area contributed by atoms with Crippen LogP contribution in [0.1, 0.15) is 5.56 Å². The van der Waals surface area contributed by atoms with Crippen molar-refractivity contribution >= 4 is 33.8 Å². The number of hydrogen-bond acceptors (Lipinski definition) is 0. The number of nitrogens with zero attached hydrogens (tertiary/aromatic N) is 2. The van der Waals surface area contributed by atoms with Crippen LogP contribution in [-0.4, -0.2) is 22.9 Å². The molecule has 1 aliphatic rings. The second-order valence-corrected chi connectivity index (χ2v) is 3.32. The summed E-state index contributed by atoms with van der Waals surface area (Å²) in [7, 11) is 1.53. The molecule has 2 nitrogen and oxygen atoms in total. The van der Waals surface area contributed by atoms with E-state index >= 15 is 0 Å². The van der Waals surface area contributed by atoms with Gasteiger partial charge in [0.25, 0.3) is 0 Å². The minimum atomic E-state index is 0.795. The Morgan fingerprint density at radius 1 is 1.00 bits per heavy atom. The molecule has 0 amide bonds. The molecule has 1 aromatic carbocycles. The molecule has 3 heteroatoms. The predicted molar refractivity (Wildman–Crippen MR) is 61.2 cm³/mol. The first-order valence-corrected chi connectivity index (χ1v) is 4.82. The van der Waals surface area contributed by atoms with Crippen LogP contribution in [0.3, 0.4) is 0 Å². The van der Waals surface area contributed by atoms with Gasteiger partial charge >= 0.3 is 0 Å². The van der Waals surface area contributed by atoms with Gasteiger partial charge in [-0.1, -0.05) is 30.3 Å². The lowest BCUT2D eigenvalue weighted by Gasteiger charge is -1.86. The van der Waals surface area contributed by atoms with Crippen LogP contribution >= 0.6 is 10.9 Å². The standard InChI is InChI=1S/C10H8N2S/c1-2-4-9(5-3-1)8-13-10-11-6-7-12-10/h1-8H. The Labute approximate surface area is 80.2 Å². The Bertz CT molecular complexity index is 398. The van der Waals surface area contributed by atoms with E-state index in [0.29, 0.717) is 0 Å². The minimum absolute atomic E-state index is 0.795. The van der Waals surface area contributed by atoms with Gasteiger partial charge in [0.2, 0.25) is 5.11 Å². The summed E-state index contributed by atoms with van der Waals surface area (Å²) < 4.78 is 0. The molecule has 0 saturated carbocycles. The second kappa shape index (κ2) is 3.96. The van der Waals surface area contributed by atoms with Gasteiger partial charge in [-0.2, -0.15) is 0 Å². The fourth-order valence-electron chi connectivity index (χ4n) is 0.941. The highest BCUT2D eigenvalue weighted by atomic mass is 32.1. The summed E-state index contributed by atoms with van der Waals surface area (Å²) in [6.07, 6.45) is 3.39. The first-order valence-electron chi connectivity index (χ1n) is 3.94. The van der Waals surface area contributed by atoms with Crippen molar-refractivity contribution in [1.82, 2.24) is 0 Å². The quantitative estimate of drug-likeness (QED) is 0.600. The summed E-state index contributed by atoms with van der Waals surface area (Å²) in [4.78, 5) is 8.10. The van der Waals surface area contributed by atoms with E-state index < -0.39 is 0 Å². The highest BCUT2D eigenvalue weighted by Crippen LogP contribution is 1.96. The molecule has 64 valence electrons. The van der Waals surface area contributed by atoms with Crippen LogP contribution in [0.15, 0.2) is 40.3 Å². The van der Waals surface area contributed by atoms with Gasteiger partial charge in [-0.15, -0.1) is 10.9 Å². The maximum absolute atomic E-state index is 4.05. The van der Waals surface area contributed by atoms with E-state index in [4.69, 9.17) is 0 Å². The molecule has 13 heavy (non-hydrogen) atoms. The van der Waals surface area contributed by atoms with Gasteiger partial charge in [0.15, 0.2) is 0 Å². The molecule has 0 aliphatic carbocycles. The van der Waals surface area contributed by atoms with E-state index in [0.717, 1.165) is 5.11 Å². The van der Waals surface area contributed by atoms with Crippen LogP contribution in [-0.2, 0) is 0 Å². The molecule has 0 N–H and O–H groups in total. The molecule has 0 bridgehead atoms. The maximum atomic E-state index is 4.05. The van der Waals surface area contributed by atoms with E-state index in [1.807, 2.05) is 23.6 Å². The average Bonchev–Trinajstić information content (AvgIpc) is 2.69. The average molecular weight is 188 g/mol. The molecule has 0 atom stereocenters. The third-order valence-electron chi connectivity index (χ3n) is 1.54. The highest BCUT2D eigenvalue weighted by molar-refractivity contribution is 7.97. The van der Waals surface area contributed by atoms with Crippen molar-refractivity contribution in [1.29, 1.82) is 0 Å². The van der Waals surface area contributed by atoms with E-state index in [2.05, 4.69) is 22.1 Å². The lowest BCUT2D eigenvalue weighted by molar-refractivity contribution is 1.69. The van der Waals surface area contributed by atoms with Crippen LogP contribution in [0.4, 0.5) is 0 Å². The smallest absolute Gasteiger partial charge is 0.209 e. The Kier molecular flexibility index (Phi) is 2.48. The van der Waals surface area contributed by atoms with Gasteiger partial charge in [-0.05, 0) is 5.56 Å². The molecular weight excluding hydrogens is 180 g/mol. The van der Waals surface area contributed by atoms with Gasteiger partial charge < -0.3 is 0 Å². The summed E-state index contributed by atoms with van der Waals surface area (Å²) in [5, 5.41) is 2.83. The Hall–Kier alpha value is -1.48. The van der Waals surface area contributed by atoms with Crippen molar-refractivity contribution in [2.24, 2.45) is 9.98 Å². The molecule has 1 aromatic rings. The summed E-state index contributed by atoms with van der Waals surface area (Å²) in [5.74, 6) is 0. The fourth-order valence-corrected chi connectivity index (χ4v) is 1.58. The third-order valence-corrected chi connectivity index (χ3v) is 2.35. The van der Waals surface area contributed by atoms with E-state index in [1.54, 1.807) is 12.4 Å². The van der Waals surface area contributed by atoms with Crippen molar-refractivity contribution < 1.29 is 0 Å². The summed E-state index contributed by atoms with van der Waals surface area (Å²) in [5.41, 5.74) is 1.18. The molecule has 1 heterocycles. The van der Waals surface area contributed by atoms with Crippen molar-refractivity contribution in [3.05, 3.63) is 35.9 Å². The van der Waals surface area contributed by atoms with Gasteiger partial charge in [0.05, 0.1) is 0 Å². The first kappa shape index (κ1) is 8.13. The second-order valence-electron chi connectivity index (χ2n) is 2.49. The monoisotopic (exact) mass is 188 g/mol. The van der Waals surface area contributed by atoms with E-state index in [9.17, 15) is 0 Å². The predicted octanol–water partition coefficient (Wildman–Crippen LogP) is 1.81. The molecule has 0 unspecified atom stereocenters. The van der Waals surface area contributed by atoms with Gasteiger partial charge in [-0.25, -0.2) is 9.98 Å².